The van der Waals surface area contributed by atoms with E-state index in [2.05, 4.69) is 10.6 Å². The van der Waals surface area contributed by atoms with Crippen LogP contribution in [-0.4, -0.2) is 36.3 Å². The third-order valence-corrected chi connectivity index (χ3v) is 2.96. The summed E-state index contributed by atoms with van der Waals surface area (Å²) < 4.78 is 5.17. The van der Waals surface area contributed by atoms with Crippen molar-refractivity contribution in [2.75, 3.05) is 13.1 Å². The van der Waals surface area contributed by atoms with Crippen LogP contribution in [0.25, 0.3) is 0 Å². The van der Waals surface area contributed by atoms with E-state index in [4.69, 9.17) is 9.84 Å². The molecule has 3 N–H and O–H groups in total. The summed E-state index contributed by atoms with van der Waals surface area (Å²) in [5.74, 6) is -0.541. The van der Waals surface area contributed by atoms with Crippen molar-refractivity contribution >= 4 is 12.1 Å². The Morgan fingerprint density at radius 1 is 1.23 bits per heavy atom. The molecule has 0 saturated carbocycles. The largest absolute Gasteiger partial charge is 0.480 e. The normalized spacial score (nSPS) is 12.0. The first kappa shape index (κ1) is 18.0. The summed E-state index contributed by atoms with van der Waals surface area (Å²) in [6, 6.07) is 9.27. The van der Waals surface area contributed by atoms with Crippen molar-refractivity contribution in [3.63, 3.8) is 0 Å². The summed E-state index contributed by atoms with van der Waals surface area (Å²) in [6.45, 7) is 4.56. The predicted molar refractivity (Wildman–Crippen MR) is 83.5 cm³/mol. The first-order valence-electron chi connectivity index (χ1n) is 7.37. The van der Waals surface area contributed by atoms with Crippen molar-refractivity contribution in [3.8, 4) is 0 Å². The number of aliphatic carboxylic acids is 1. The van der Waals surface area contributed by atoms with Crippen molar-refractivity contribution in [2.45, 2.75) is 32.9 Å². The maximum absolute atomic E-state index is 11.8. The van der Waals surface area contributed by atoms with E-state index in [9.17, 15) is 9.59 Å². The van der Waals surface area contributed by atoms with Gasteiger partial charge in [-0.05, 0) is 17.9 Å². The van der Waals surface area contributed by atoms with Crippen LogP contribution in [0.2, 0.25) is 0 Å². The predicted octanol–water partition coefficient (Wildman–Crippen LogP) is 2.00. The second kappa shape index (κ2) is 9.78. The van der Waals surface area contributed by atoms with Gasteiger partial charge >= 0.3 is 12.1 Å². The van der Waals surface area contributed by atoms with E-state index in [1.807, 2.05) is 44.2 Å². The van der Waals surface area contributed by atoms with Crippen LogP contribution in [0.4, 0.5) is 4.79 Å². The molecule has 1 aromatic rings. The minimum Gasteiger partial charge on any atom is -0.480 e. The zero-order chi connectivity index (χ0) is 16.4. The van der Waals surface area contributed by atoms with Gasteiger partial charge in [0.05, 0.1) is 6.54 Å². The fourth-order valence-corrected chi connectivity index (χ4v) is 2.05. The standard InChI is InChI=1S/C16H24N2O4/c1-12(2)8-14(9-17-10-15(19)20)18-16(21)22-11-13-6-4-3-5-7-13/h3-7,12,14,17H,8-11H2,1-2H3,(H,18,21)(H,19,20)/t14-/m0/s1. The van der Waals surface area contributed by atoms with Gasteiger partial charge in [-0.15, -0.1) is 0 Å². The number of carboxylic acid groups (broad SMARTS) is 1. The van der Waals surface area contributed by atoms with E-state index < -0.39 is 12.1 Å². The number of hydrogen-bond donors (Lipinski definition) is 3. The average molecular weight is 308 g/mol. The molecule has 1 amide bonds. The molecule has 1 rings (SSSR count). The maximum Gasteiger partial charge on any atom is 0.407 e. The van der Waals surface area contributed by atoms with E-state index in [1.54, 1.807) is 0 Å². The van der Waals surface area contributed by atoms with Crippen molar-refractivity contribution in [3.05, 3.63) is 35.9 Å². The summed E-state index contributed by atoms with van der Waals surface area (Å²) in [5.41, 5.74) is 0.919. The fraction of sp³-hybridized carbons (Fsp3) is 0.500. The van der Waals surface area contributed by atoms with Gasteiger partial charge in [0.2, 0.25) is 0 Å². The van der Waals surface area contributed by atoms with Crippen LogP contribution < -0.4 is 10.6 Å². The van der Waals surface area contributed by atoms with Crippen LogP contribution in [0.3, 0.4) is 0 Å². The van der Waals surface area contributed by atoms with Crippen LogP contribution in [-0.2, 0) is 16.1 Å². The molecule has 0 heterocycles. The van der Waals surface area contributed by atoms with Crippen LogP contribution in [0.15, 0.2) is 30.3 Å². The summed E-state index contributed by atoms with van der Waals surface area (Å²) >= 11 is 0. The molecule has 6 heteroatoms. The van der Waals surface area contributed by atoms with Crippen LogP contribution in [0.5, 0.6) is 0 Å². The van der Waals surface area contributed by atoms with Crippen molar-refractivity contribution in [1.29, 1.82) is 0 Å². The first-order valence-corrected chi connectivity index (χ1v) is 7.37. The molecule has 0 bridgehead atoms. The molecule has 0 aliphatic rings. The highest BCUT2D eigenvalue weighted by Crippen LogP contribution is 2.05. The van der Waals surface area contributed by atoms with Crippen molar-refractivity contribution in [1.82, 2.24) is 10.6 Å². The molecule has 0 spiro atoms. The smallest absolute Gasteiger partial charge is 0.407 e. The minimum absolute atomic E-state index is 0.130. The molecule has 22 heavy (non-hydrogen) atoms. The highest BCUT2D eigenvalue weighted by atomic mass is 16.5. The lowest BCUT2D eigenvalue weighted by Crippen LogP contribution is -2.44. The molecule has 6 nitrogen and oxygen atoms in total. The topological polar surface area (TPSA) is 87.7 Å². The quantitative estimate of drug-likeness (QED) is 0.649. The van der Waals surface area contributed by atoms with Gasteiger partial charge in [-0.3, -0.25) is 4.79 Å². The van der Waals surface area contributed by atoms with Gasteiger partial charge in [-0.25, -0.2) is 4.79 Å². The van der Waals surface area contributed by atoms with E-state index >= 15 is 0 Å². The highest BCUT2D eigenvalue weighted by Gasteiger charge is 2.15. The Kier molecular flexibility index (Phi) is 7.99. The Bertz CT molecular complexity index is 462. The number of ether oxygens (including phenoxy) is 1. The maximum atomic E-state index is 11.8. The van der Waals surface area contributed by atoms with Gasteiger partial charge in [0.25, 0.3) is 0 Å². The zero-order valence-electron chi connectivity index (χ0n) is 13.0. The van der Waals surface area contributed by atoms with Gasteiger partial charge in [-0.1, -0.05) is 44.2 Å². The third-order valence-electron chi connectivity index (χ3n) is 2.96. The summed E-state index contributed by atoms with van der Waals surface area (Å²) in [5, 5.41) is 14.2. The number of nitrogens with one attached hydrogen (secondary N) is 2. The van der Waals surface area contributed by atoms with Gasteiger partial charge in [0.1, 0.15) is 6.61 Å². The third kappa shape index (κ3) is 8.26. The average Bonchev–Trinajstić information content (AvgIpc) is 2.45. The number of carboxylic acids is 1. The molecule has 0 aliphatic heterocycles. The summed E-state index contributed by atoms with van der Waals surface area (Å²) in [6.07, 6.45) is 0.249. The van der Waals surface area contributed by atoms with E-state index in [0.717, 1.165) is 12.0 Å². The molecule has 0 aromatic heterocycles. The molecular weight excluding hydrogens is 284 g/mol. The van der Waals surface area contributed by atoms with Gasteiger partial charge in [-0.2, -0.15) is 0 Å². The van der Waals surface area contributed by atoms with E-state index in [0.29, 0.717) is 12.5 Å². The Labute approximate surface area is 130 Å². The second-order valence-electron chi connectivity index (χ2n) is 5.56. The Morgan fingerprint density at radius 2 is 1.91 bits per heavy atom. The van der Waals surface area contributed by atoms with Crippen LogP contribution in [0, 0.1) is 5.92 Å². The van der Waals surface area contributed by atoms with Gasteiger partial charge in [0.15, 0.2) is 0 Å². The number of rotatable bonds is 9. The number of amides is 1. The Hall–Kier alpha value is -2.08. The molecule has 0 aliphatic carbocycles. The first-order chi connectivity index (χ1) is 10.5. The SMILES string of the molecule is CC(C)C[C@@H](CNCC(=O)O)NC(=O)OCc1ccccc1. The molecular formula is C16H24N2O4. The van der Waals surface area contributed by atoms with Crippen molar-refractivity contribution < 1.29 is 19.4 Å². The van der Waals surface area contributed by atoms with Crippen LogP contribution >= 0.6 is 0 Å². The van der Waals surface area contributed by atoms with Gasteiger partial charge < -0.3 is 20.5 Å². The number of carbonyl (C=O) groups excluding carboxylic acids is 1. The minimum atomic E-state index is -0.921. The monoisotopic (exact) mass is 308 g/mol. The van der Waals surface area contributed by atoms with E-state index in [1.165, 1.54) is 0 Å². The summed E-state index contributed by atoms with van der Waals surface area (Å²) in [7, 11) is 0. The number of alkyl carbamates (subject to hydrolysis) is 1. The molecule has 1 atom stereocenters. The van der Waals surface area contributed by atoms with Gasteiger partial charge in [0, 0.05) is 12.6 Å². The number of carbonyl (C=O) groups is 2. The molecule has 122 valence electrons. The fourth-order valence-electron chi connectivity index (χ4n) is 2.05. The lowest BCUT2D eigenvalue weighted by molar-refractivity contribution is -0.135. The highest BCUT2D eigenvalue weighted by molar-refractivity contribution is 5.69. The molecule has 0 saturated heterocycles. The van der Waals surface area contributed by atoms with Crippen molar-refractivity contribution in [2.24, 2.45) is 5.92 Å². The zero-order valence-corrected chi connectivity index (χ0v) is 13.0. The lowest BCUT2D eigenvalue weighted by atomic mass is 10.0. The number of hydrogen-bond acceptors (Lipinski definition) is 4. The Morgan fingerprint density at radius 3 is 2.50 bits per heavy atom. The number of benzene rings is 1. The molecule has 0 fully saturated rings. The van der Waals surface area contributed by atoms with Crippen LogP contribution in [0.1, 0.15) is 25.8 Å². The van der Waals surface area contributed by atoms with E-state index in [-0.39, 0.29) is 19.2 Å². The summed E-state index contributed by atoms with van der Waals surface area (Å²) in [4.78, 5) is 22.3. The second-order valence-corrected chi connectivity index (χ2v) is 5.56. The molecule has 1 aromatic carbocycles. The Balaban J connectivity index is 2.38. The molecule has 0 radical (unpaired) electrons. The molecule has 0 unspecified atom stereocenters. The lowest BCUT2D eigenvalue weighted by Gasteiger charge is -2.20.